The van der Waals surface area contributed by atoms with E-state index < -0.39 is 0 Å². The van der Waals surface area contributed by atoms with Crippen LogP contribution in [-0.2, 0) is 7.05 Å². The van der Waals surface area contributed by atoms with Crippen molar-refractivity contribution in [2.45, 2.75) is 0 Å². The Morgan fingerprint density at radius 3 is 3.00 bits per heavy atom. The molecular weight excluding hydrogens is 194 g/mol. The molecule has 1 aromatic carbocycles. The van der Waals surface area contributed by atoms with Crippen LogP contribution in [0.1, 0.15) is 5.56 Å². The van der Waals surface area contributed by atoms with Crippen LogP contribution in [0, 0.1) is 0 Å². The maximum Gasteiger partial charge on any atom is 0.145 e. The molecule has 0 aliphatic carbocycles. The first kappa shape index (κ1) is 9.51. The number of ether oxygens (including phenoxy) is 1. The van der Waals surface area contributed by atoms with Crippen molar-refractivity contribution >= 4 is 17.1 Å². The number of aryl methyl sites for hydroxylation is 1. The van der Waals surface area contributed by atoms with E-state index in [1.165, 1.54) is 6.21 Å². The lowest BCUT2D eigenvalue weighted by molar-refractivity contribution is 0.322. The fourth-order valence-electron chi connectivity index (χ4n) is 1.60. The van der Waals surface area contributed by atoms with Crippen molar-refractivity contribution in [3.05, 3.63) is 23.9 Å². The molecule has 0 amide bonds. The molecule has 15 heavy (non-hydrogen) atoms. The van der Waals surface area contributed by atoms with Gasteiger partial charge < -0.3 is 9.94 Å². The maximum absolute atomic E-state index is 8.47. The van der Waals surface area contributed by atoms with E-state index in [1.54, 1.807) is 24.1 Å². The van der Waals surface area contributed by atoms with Crippen LogP contribution in [0.4, 0.5) is 0 Å². The largest absolute Gasteiger partial charge is 0.494 e. The van der Waals surface area contributed by atoms with Crippen LogP contribution >= 0.6 is 0 Å². The zero-order valence-electron chi connectivity index (χ0n) is 8.51. The Balaban J connectivity index is 2.73. The first-order valence-corrected chi connectivity index (χ1v) is 4.43. The standard InChI is InChI=1S/C10H11N3O2/c1-13-10-8(6-11-13)3-7(5-12-14)4-9(10)15-2/h3-6,14H,1-2H3. The first-order valence-electron chi connectivity index (χ1n) is 4.43. The summed E-state index contributed by atoms with van der Waals surface area (Å²) >= 11 is 0. The van der Waals surface area contributed by atoms with Crippen molar-refractivity contribution in [1.82, 2.24) is 9.78 Å². The van der Waals surface area contributed by atoms with Crippen LogP contribution < -0.4 is 4.74 Å². The Hall–Kier alpha value is -2.04. The van der Waals surface area contributed by atoms with E-state index in [0.29, 0.717) is 5.75 Å². The number of rotatable bonds is 2. The molecule has 5 nitrogen and oxygen atoms in total. The molecule has 0 spiro atoms. The van der Waals surface area contributed by atoms with Gasteiger partial charge in [-0.25, -0.2) is 0 Å². The second-order valence-electron chi connectivity index (χ2n) is 3.17. The number of hydrogen-bond acceptors (Lipinski definition) is 4. The van der Waals surface area contributed by atoms with Crippen molar-refractivity contribution in [3.8, 4) is 5.75 Å². The second-order valence-corrected chi connectivity index (χ2v) is 3.17. The highest BCUT2D eigenvalue weighted by Gasteiger charge is 2.07. The number of hydrogen-bond donors (Lipinski definition) is 1. The van der Waals surface area contributed by atoms with Crippen molar-refractivity contribution in [1.29, 1.82) is 0 Å². The third-order valence-electron chi connectivity index (χ3n) is 2.25. The normalized spacial score (nSPS) is 11.3. The highest BCUT2D eigenvalue weighted by Crippen LogP contribution is 2.26. The molecule has 78 valence electrons. The molecule has 0 atom stereocenters. The molecule has 0 aliphatic heterocycles. The highest BCUT2D eigenvalue weighted by molar-refractivity contribution is 5.92. The van der Waals surface area contributed by atoms with E-state index in [9.17, 15) is 0 Å². The van der Waals surface area contributed by atoms with Gasteiger partial charge in [-0.1, -0.05) is 5.16 Å². The number of nitrogens with zero attached hydrogens (tertiary/aromatic N) is 3. The van der Waals surface area contributed by atoms with Gasteiger partial charge in [-0.15, -0.1) is 0 Å². The summed E-state index contributed by atoms with van der Waals surface area (Å²) in [4.78, 5) is 0. The van der Waals surface area contributed by atoms with Crippen molar-refractivity contribution in [3.63, 3.8) is 0 Å². The lowest BCUT2D eigenvalue weighted by atomic mass is 10.1. The average Bonchev–Trinajstić information content (AvgIpc) is 2.60. The zero-order valence-corrected chi connectivity index (χ0v) is 8.51. The molecular formula is C10H11N3O2. The monoisotopic (exact) mass is 205 g/mol. The van der Waals surface area contributed by atoms with Crippen molar-refractivity contribution < 1.29 is 9.94 Å². The summed E-state index contributed by atoms with van der Waals surface area (Å²) < 4.78 is 6.99. The summed E-state index contributed by atoms with van der Waals surface area (Å²) in [7, 11) is 3.45. The molecule has 1 N–H and O–H groups in total. The first-order chi connectivity index (χ1) is 7.26. The lowest BCUT2D eigenvalue weighted by Gasteiger charge is -2.04. The van der Waals surface area contributed by atoms with Gasteiger partial charge in [0.05, 0.1) is 19.5 Å². The predicted molar refractivity (Wildman–Crippen MR) is 56.6 cm³/mol. The fraction of sp³-hybridized carbons (Fsp3) is 0.200. The molecule has 1 heterocycles. The molecule has 0 aliphatic rings. The Labute approximate surface area is 86.6 Å². The van der Waals surface area contributed by atoms with Gasteiger partial charge in [0.2, 0.25) is 0 Å². The Morgan fingerprint density at radius 2 is 2.33 bits per heavy atom. The van der Waals surface area contributed by atoms with Crippen molar-refractivity contribution in [2.75, 3.05) is 7.11 Å². The summed E-state index contributed by atoms with van der Waals surface area (Å²) in [6.45, 7) is 0. The molecule has 0 saturated carbocycles. The van der Waals surface area contributed by atoms with Gasteiger partial charge in [-0.3, -0.25) is 4.68 Å². The van der Waals surface area contributed by atoms with E-state index in [2.05, 4.69) is 10.3 Å². The molecule has 2 rings (SSSR count). The van der Waals surface area contributed by atoms with Crippen LogP contribution in [0.25, 0.3) is 10.9 Å². The second kappa shape index (κ2) is 3.61. The number of oxime groups is 1. The van der Waals surface area contributed by atoms with Crippen LogP contribution in [0.5, 0.6) is 5.75 Å². The molecule has 1 aromatic heterocycles. The summed E-state index contributed by atoms with van der Waals surface area (Å²) in [6, 6.07) is 3.67. The third kappa shape index (κ3) is 1.52. The minimum atomic E-state index is 0.711. The van der Waals surface area contributed by atoms with E-state index in [1.807, 2.05) is 13.1 Å². The number of aromatic nitrogens is 2. The van der Waals surface area contributed by atoms with Gasteiger partial charge >= 0.3 is 0 Å². The molecule has 0 unspecified atom stereocenters. The fourth-order valence-corrected chi connectivity index (χ4v) is 1.60. The molecule has 0 fully saturated rings. The highest BCUT2D eigenvalue weighted by atomic mass is 16.5. The van der Waals surface area contributed by atoms with E-state index in [-0.39, 0.29) is 0 Å². The van der Waals surface area contributed by atoms with Crippen LogP contribution in [0.2, 0.25) is 0 Å². The maximum atomic E-state index is 8.47. The minimum absolute atomic E-state index is 0.711. The van der Waals surface area contributed by atoms with E-state index in [0.717, 1.165) is 16.5 Å². The van der Waals surface area contributed by atoms with Crippen molar-refractivity contribution in [2.24, 2.45) is 12.2 Å². The van der Waals surface area contributed by atoms with Crippen LogP contribution in [0.3, 0.4) is 0 Å². The number of benzene rings is 1. The van der Waals surface area contributed by atoms with E-state index in [4.69, 9.17) is 9.94 Å². The quantitative estimate of drug-likeness (QED) is 0.458. The van der Waals surface area contributed by atoms with Crippen LogP contribution in [0.15, 0.2) is 23.5 Å². The molecule has 0 radical (unpaired) electrons. The SMILES string of the molecule is COc1cc(C=NO)cc2cnn(C)c12. The topological polar surface area (TPSA) is 59.6 Å². The Kier molecular flexibility index (Phi) is 2.29. The average molecular weight is 205 g/mol. The van der Waals surface area contributed by atoms with Gasteiger partial charge in [-0.2, -0.15) is 5.10 Å². The Morgan fingerprint density at radius 1 is 1.53 bits per heavy atom. The number of fused-ring (bicyclic) bond motifs is 1. The lowest BCUT2D eigenvalue weighted by Crippen LogP contribution is -1.94. The summed E-state index contributed by atoms with van der Waals surface area (Å²) in [5.74, 6) is 0.711. The van der Waals surface area contributed by atoms with Gasteiger partial charge in [0, 0.05) is 18.0 Å². The van der Waals surface area contributed by atoms with Gasteiger partial charge in [0.25, 0.3) is 0 Å². The van der Waals surface area contributed by atoms with Gasteiger partial charge in [0.15, 0.2) is 0 Å². The summed E-state index contributed by atoms with van der Waals surface area (Å²) in [6.07, 6.45) is 3.10. The Bertz CT molecular complexity index is 517. The summed E-state index contributed by atoms with van der Waals surface area (Å²) in [5.41, 5.74) is 1.70. The predicted octanol–water partition coefficient (Wildman–Crippen LogP) is 1.39. The van der Waals surface area contributed by atoms with E-state index >= 15 is 0 Å². The minimum Gasteiger partial charge on any atom is -0.494 e. The summed E-state index contributed by atoms with van der Waals surface area (Å²) in [5, 5.41) is 16.5. The molecule has 0 saturated heterocycles. The molecule has 5 heteroatoms. The smallest absolute Gasteiger partial charge is 0.145 e. The number of methoxy groups -OCH3 is 1. The third-order valence-corrected chi connectivity index (χ3v) is 2.25. The zero-order chi connectivity index (χ0) is 10.8. The van der Waals surface area contributed by atoms with Gasteiger partial charge in [-0.05, 0) is 12.1 Å². The van der Waals surface area contributed by atoms with Crippen LogP contribution in [-0.4, -0.2) is 28.3 Å². The molecule has 0 bridgehead atoms. The van der Waals surface area contributed by atoms with Gasteiger partial charge in [0.1, 0.15) is 11.3 Å². The molecule has 2 aromatic rings.